The van der Waals surface area contributed by atoms with Crippen LogP contribution in [-0.4, -0.2) is 26.2 Å². The van der Waals surface area contributed by atoms with Gasteiger partial charge in [0.15, 0.2) is 10.3 Å². The Morgan fingerprint density at radius 1 is 1.11 bits per heavy atom. The molecule has 4 aromatic rings. The highest BCUT2D eigenvalue weighted by molar-refractivity contribution is 7.99. The van der Waals surface area contributed by atoms with E-state index in [1.54, 1.807) is 6.20 Å². The molecule has 0 aliphatic heterocycles. The predicted octanol–water partition coefficient (Wildman–Crippen LogP) is 5.38. The van der Waals surface area contributed by atoms with Crippen molar-refractivity contribution >= 4 is 45.7 Å². The maximum absolute atomic E-state index is 12.2. The van der Waals surface area contributed by atoms with Crippen LogP contribution in [0.5, 0.6) is 0 Å². The number of aromatic nitrogens is 3. The molecule has 0 radical (unpaired) electrons. The molecule has 0 unspecified atom stereocenters. The Hall–Kier alpha value is -2.61. The molecule has 8 heteroatoms. The molecule has 5 nitrogen and oxygen atoms in total. The molecule has 0 spiro atoms. The minimum Gasteiger partial charge on any atom is -0.301 e. The fourth-order valence-electron chi connectivity index (χ4n) is 2.66. The first-order valence-corrected chi connectivity index (χ1v) is 10.7. The van der Waals surface area contributed by atoms with Crippen LogP contribution in [-0.2, 0) is 4.79 Å². The van der Waals surface area contributed by atoms with E-state index < -0.39 is 0 Å². The van der Waals surface area contributed by atoms with Gasteiger partial charge in [-0.05, 0) is 24.3 Å². The minimum atomic E-state index is -0.119. The number of hydrogen-bond donors (Lipinski definition) is 1. The van der Waals surface area contributed by atoms with Crippen LogP contribution in [0.15, 0.2) is 77.5 Å². The molecule has 0 aliphatic carbocycles. The molecule has 0 bridgehead atoms. The molecule has 0 atom stereocenters. The van der Waals surface area contributed by atoms with Gasteiger partial charge in [0.05, 0.1) is 17.6 Å². The zero-order chi connectivity index (χ0) is 19.3. The van der Waals surface area contributed by atoms with Crippen molar-refractivity contribution < 1.29 is 4.79 Å². The molecule has 0 saturated carbocycles. The monoisotopic (exact) mass is 426 g/mol. The van der Waals surface area contributed by atoms with Crippen molar-refractivity contribution in [2.75, 3.05) is 11.1 Å². The van der Waals surface area contributed by atoms with Crippen molar-refractivity contribution in [1.82, 2.24) is 14.5 Å². The number of nitrogens with one attached hydrogen (secondary N) is 1. The van der Waals surface area contributed by atoms with E-state index in [9.17, 15) is 4.79 Å². The molecule has 1 amide bonds. The van der Waals surface area contributed by atoms with E-state index in [-0.39, 0.29) is 11.7 Å². The first-order valence-electron chi connectivity index (χ1n) is 8.42. The molecule has 1 N–H and O–H groups in total. The largest absolute Gasteiger partial charge is 0.301 e. The standard InChI is InChI=1S/C20H15ClN4OS2/c21-15-6-8-16(9-7-15)25-17(14-4-2-1-3-5-14)12-23-20(25)28-13-18(26)24-19-22-10-11-27-19/h1-12H,13H2,(H,22,24,26). The van der Waals surface area contributed by atoms with E-state index in [0.29, 0.717) is 10.2 Å². The quantitative estimate of drug-likeness (QED) is 0.420. The van der Waals surface area contributed by atoms with E-state index in [4.69, 9.17) is 11.6 Å². The smallest absolute Gasteiger partial charge is 0.236 e. The van der Waals surface area contributed by atoms with Gasteiger partial charge in [-0.25, -0.2) is 9.97 Å². The summed E-state index contributed by atoms with van der Waals surface area (Å²) in [5.74, 6) is 0.116. The normalized spacial score (nSPS) is 10.8. The van der Waals surface area contributed by atoms with Gasteiger partial charge in [0, 0.05) is 27.9 Å². The maximum atomic E-state index is 12.2. The molecule has 2 heterocycles. The predicted molar refractivity (Wildman–Crippen MR) is 115 cm³/mol. The summed E-state index contributed by atoms with van der Waals surface area (Å²) in [6.45, 7) is 0. The molecule has 4 rings (SSSR count). The van der Waals surface area contributed by atoms with Gasteiger partial charge >= 0.3 is 0 Å². The van der Waals surface area contributed by atoms with E-state index in [0.717, 1.165) is 22.1 Å². The Morgan fingerprint density at radius 3 is 2.61 bits per heavy atom. The van der Waals surface area contributed by atoms with Crippen molar-refractivity contribution in [1.29, 1.82) is 0 Å². The van der Waals surface area contributed by atoms with Crippen LogP contribution < -0.4 is 5.32 Å². The Labute approximate surface area is 175 Å². The van der Waals surface area contributed by atoms with Crippen molar-refractivity contribution in [2.24, 2.45) is 0 Å². The second-order valence-electron chi connectivity index (χ2n) is 5.78. The second kappa shape index (κ2) is 8.60. The number of imidazole rings is 1. The number of thioether (sulfide) groups is 1. The molecular weight excluding hydrogens is 412 g/mol. The van der Waals surface area contributed by atoms with Crippen LogP contribution in [0.1, 0.15) is 0 Å². The summed E-state index contributed by atoms with van der Waals surface area (Å²) < 4.78 is 2.03. The lowest BCUT2D eigenvalue weighted by atomic mass is 10.1. The van der Waals surface area contributed by atoms with Crippen LogP contribution >= 0.6 is 34.7 Å². The van der Waals surface area contributed by atoms with Crippen molar-refractivity contribution in [3.63, 3.8) is 0 Å². The third kappa shape index (κ3) is 4.27. The molecule has 2 aromatic heterocycles. The number of thiazole rings is 1. The highest BCUT2D eigenvalue weighted by atomic mass is 35.5. The second-order valence-corrected chi connectivity index (χ2v) is 8.05. The lowest BCUT2D eigenvalue weighted by Crippen LogP contribution is -2.14. The van der Waals surface area contributed by atoms with Gasteiger partial charge in [0.2, 0.25) is 5.91 Å². The molecule has 0 fully saturated rings. The summed E-state index contributed by atoms with van der Waals surface area (Å²) in [6, 6.07) is 17.6. The highest BCUT2D eigenvalue weighted by Crippen LogP contribution is 2.30. The number of carbonyl (C=O) groups excluding carboxylic acids is 1. The summed E-state index contributed by atoms with van der Waals surface area (Å²) in [5, 5.41) is 6.61. The van der Waals surface area contributed by atoms with Crippen LogP contribution in [0.3, 0.4) is 0 Å². The van der Waals surface area contributed by atoms with Crippen molar-refractivity contribution in [3.05, 3.63) is 77.4 Å². The number of amides is 1. The first-order chi connectivity index (χ1) is 13.7. The zero-order valence-corrected chi connectivity index (χ0v) is 17.0. The van der Waals surface area contributed by atoms with E-state index in [1.165, 1.54) is 23.1 Å². The number of benzene rings is 2. The topological polar surface area (TPSA) is 59.8 Å². The Bertz CT molecular complexity index is 1060. The SMILES string of the molecule is O=C(CSc1ncc(-c2ccccc2)n1-c1ccc(Cl)cc1)Nc1nccs1. The molecule has 28 heavy (non-hydrogen) atoms. The number of hydrogen-bond acceptors (Lipinski definition) is 5. The molecular formula is C20H15ClN4OS2. The first kappa shape index (κ1) is 18.7. The molecule has 2 aromatic carbocycles. The average molecular weight is 427 g/mol. The van der Waals surface area contributed by atoms with Crippen LogP contribution in [0.2, 0.25) is 5.02 Å². The van der Waals surface area contributed by atoms with Gasteiger partial charge in [0.25, 0.3) is 0 Å². The molecule has 140 valence electrons. The van der Waals surface area contributed by atoms with Gasteiger partial charge in [-0.3, -0.25) is 9.36 Å². The van der Waals surface area contributed by atoms with Crippen molar-refractivity contribution in [2.45, 2.75) is 5.16 Å². The fourth-order valence-corrected chi connectivity index (χ4v) is 4.12. The number of carbonyl (C=O) groups is 1. The summed E-state index contributed by atoms with van der Waals surface area (Å²) >= 11 is 8.82. The van der Waals surface area contributed by atoms with Gasteiger partial charge in [0.1, 0.15) is 0 Å². The average Bonchev–Trinajstić information content (AvgIpc) is 3.37. The molecule has 0 saturated heterocycles. The van der Waals surface area contributed by atoms with Crippen molar-refractivity contribution in [3.8, 4) is 16.9 Å². The number of anilines is 1. The third-order valence-corrected chi connectivity index (χ3v) is 5.79. The number of halogens is 1. The van der Waals surface area contributed by atoms with Crippen LogP contribution in [0, 0.1) is 0 Å². The van der Waals surface area contributed by atoms with Gasteiger partial charge in [-0.1, -0.05) is 53.7 Å². The summed E-state index contributed by atoms with van der Waals surface area (Å²) in [5.41, 5.74) is 2.93. The Morgan fingerprint density at radius 2 is 1.89 bits per heavy atom. The number of nitrogens with zero attached hydrogens (tertiary/aromatic N) is 3. The minimum absolute atomic E-state index is 0.119. The van der Waals surface area contributed by atoms with Crippen LogP contribution in [0.4, 0.5) is 5.13 Å². The van der Waals surface area contributed by atoms with E-state index >= 15 is 0 Å². The lowest BCUT2D eigenvalue weighted by molar-refractivity contribution is -0.113. The number of rotatable bonds is 6. The Balaban J connectivity index is 1.62. The summed E-state index contributed by atoms with van der Waals surface area (Å²) in [7, 11) is 0. The summed E-state index contributed by atoms with van der Waals surface area (Å²) in [4.78, 5) is 20.9. The van der Waals surface area contributed by atoms with E-state index in [1.807, 2.05) is 70.7 Å². The maximum Gasteiger partial charge on any atom is 0.236 e. The van der Waals surface area contributed by atoms with Gasteiger partial charge in [-0.15, -0.1) is 11.3 Å². The third-order valence-electron chi connectivity index (χ3n) is 3.89. The van der Waals surface area contributed by atoms with Crippen LogP contribution in [0.25, 0.3) is 16.9 Å². The zero-order valence-electron chi connectivity index (χ0n) is 14.6. The Kier molecular flexibility index (Phi) is 5.76. The lowest BCUT2D eigenvalue weighted by Gasteiger charge is -2.12. The summed E-state index contributed by atoms with van der Waals surface area (Å²) in [6.07, 6.45) is 3.48. The van der Waals surface area contributed by atoms with Gasteiger partial charge < -0.3 is 5.32 Å². The highest BCUT2D eigenvalue weighted by Gasteiger charge is 2.16. The van der Waals surface area contributed by atoms with Gasteiger partial charge in [-0.2, -0.15) is 0 Å². The van der Waals surface area contributed by atoms with E-state index in [2.05, 4.69) is 15.3 Å². The fraction of sp³-hybridized carbons (Fsp3) is 0.0500. The molecule has 0 aliphatic rings.